The SMILES string of the molecule is C[C@H](CNC(=O)[C@H]1CN(S(C)(=O)=O)c2cc(Cl)ccc2O1)c1ccccc1. The lowest BCUT2D eigenvalue weighted by molar-refractivity contribution is -0.127. The Morgan fingerprint density at radius 1 is 1.30 bits per heavy atom. The molecule has 0 aliphatic carbocycles. The second-order valence-electron chi connectivity index (χ2n) is 6.57. The van der Waals surface area contributed by atoms with Gasteiger partial charge in [-0.25, -0.2) is 8.42 Å². The van der Waals surface area contributed by atoms with E-state index < -0.39 is 16.1 Å². The van der Waals surface area contributed by atoms with Gasteiger partial charge >= 0.3 is 0 Å². The fraction of sp³-hybridized carbons (Fsp3) is 0.316. The number of carbonyl (C=O) groups is 1. The summed E-state index contributed by atoms with van der Waals surface area (Å²) in [7, 11) is -3.58. The van der Waals surface area contributed by atoms with Crippen molar-refractivity contribution in [2.75, 3.05) is 23.7 Å². The Bertz CT molecular complexity index is 934. The minimum absolute atomic E-state index is 0.0995. The van der Waals surface area contributed by atoms with Gasteiger partial charge in [-0.3, -0.25) is 9.10 Å². The molecule has 0 aromatic heterocycles. The van der Waals surface area contributed by atoms with Gasteiger partial charge in [-0.2, -0.15) is 0 Å². The van der Waals surface area contributed by atoms with Crippen molar-refractivity contribution in [3.63, 3.8) is 0 Å². The van der Waals surface area contributed by atoms with E-state index in [0.29, 0.717) is 23.0 Å². The predicted octanol–water partition coefficient (Wildman–Crippen LogP) is 2.79. The van der Waals surface area contributed by atoms with E-state index in [1.54, 1.807) is 12.1 Å². The van der Waals surface area contributed by atoms with E-state index in [4.69, 9.17) is 16.3 Å². The van der Waals surface area contributed by atoms with Gasteiger partial charge in [-0.15, -0.1) is 0 Å². The molecule has 0 spiro atoms. The number of rotatable bonds is 5. The van der Waals surface area contributed by atoms with Crippen LogP contribution < -0.4 is 14.4 Å². The molecule has 1 aliphatic heterocycles. The van der Waals surface area contributed by atoms with E-state index in [9.17, 15) is 13.2 Å². The van der Waals surface area contributed by atoms with Crippen LogP contribution in [0.3, 0.4) is 0 Å². The Kier molecular flexibility index (Phi) is 5.62. The topological polar surface area (TPSA) is 75.7 Å². The van der Waals surface area contributed by atoms with Crippen molar-refractivity contribution in [2.45, 2.75) is 18.9 Å². The third kappa shape index (κ3) is 4.54. The molecule has 1 amide bonds. The first-order valence-corrected chi connectivity index (χ1v) is 10.7. The van der Waals surface area contributed by atoms with Crippen molar-refractivity contribution < 1.29 is 17.9 Å². The molecule has 6 nitrogen and oxygen atoms in total. The van der Waals surface area contributed by atoms with Gasteiger partial charge in [0, 0.05) is 11.6 Å². The van der Waals surface area contributed by atoms with Crippen LogP contribution in [0.4, 0.5) is 5.69 Å². The highest BCUT2D eigenvalue weighted by Crippen LogP contribution is 2.37. The number of halogens is 1. The van der Waals surface area contributed by atoms with E-state index in [1.165, 1.54) is 6.07 Å². The third-order valence-electron chi connectivity index (χ3n) is 4.43. The number of fused-ring (bicyclic) bond motifs is 1. The van der Waals surface area contributed by atoms with Crippen LogP contribution in [0.2, 0.25) is 5.02 Å². The Balaban J connectivity index is 1.73. The number of amides is 1. The third-order valence-corrected chi connectivity index (χ3v) is 5.82. The fourth-order valence-corrected chi connectivity index (χ4v) is 4.01. The fourth-order valence-electron chi connectivity index (χ4n) is 2.94. The summed E-state index contributed by atoms with van der Waals surface area (Å²) in [5, 5.41) is 3.25. The standard InChI is InChI=1S/C19H21ClN2O4S/c1-13(14-6-4-3-5-7-14)11-21-19(23)18-12-22(27(2,24)25)16-10-15(20)8-9-17(16)26-18/h3-10,13,18H,11-12H2,1-2H3,(H,21,23)/t13-,18-/m1/s1. The van der Waals surface area contributed by atoms with Crippen LogP contribution in [0, 0.1) is 0 Å². The summed E-state index contributed by atoms with van der Waals surface area (Å²) in [6.45, 7) is 2.34. The van der Waals surface area contributed by atoms with Gasteiger partial charge in [-0.1, -0.05) is 48.9 Å². The van der Waals surface area contributed by atoms with Gasteiger partial charge in [0.25, 0.3) is 5.91 Å². The summed E-state index contributed by atoms with van der Waals surface area (Å²) in [5.41, 5.74) is 1.45. The number of ether oxygens (including phenoxy) is 1. The average Bonchev–Trinajstić information content (AvgIpc) is 2.64. The largest absolute Gasteiger partial charge is 0.476 e. The molecule has 0 saturated carbocycles. The van der Waals surface area contributed by atoms with Gasteiger partial charge < -0.3 is 10.1 Å². The minimum atomic E-state index is -3.58. The lowest BCUT2D eigenvalue weighted by Crippen LogP contribution is -2.50. The van der Waals surface area contributed by atoms with E-state index >= 15 is 0 Å². The Morgan fingerprint density at radius 2 is 2.00 bits per heavy atom. The van der Waals surface area contributed by atoms with Gasteiger partial charge in [0.2, 0.25) is 10.0 Å². The number of nitrogens with one attached hydrogen (secondary N) is 1. The number of sulfonamides is 1. The molecule has 1 heterocycles. The van der Waals surface area contributed by atoms with Crippen LogP contribution in [-0.4, -0.2) is 39.8 Å². The molecule has 2 aromatic carbocycles. The van der Waals surface area contributed by atoms with Crippen molar-refractivity contribution >= 4 is 33.2 Å². The molecule has 27 heavy (non-hydrogen) atoms. The number of hydrogen-bond donors (Lipinski definition) is 1. The second kappa shape index (κ2) is 7.78. The highest BCUT2D eigenvalue weighted by molar-refractivity contribution is 7.92. The number of hydrogen-bond acceptors (Lipinski definition) is 4. The molecule has 8 heteroatoms. The zero-order valence-corrected chi connectivity index (χ0v) is 16.6. The Labute approximate surface area is 164 Å². The van der Waals surface area contributed by atoms with Gasteiger partial charge in [0.15, 0.2) is 6.10 Å². The first-order chi connectivity index (χ1) is 12.8. The van der Waals surface area contributed by atoms with Crippen LogP contribution in [0.15, 0.2) is 48.5 Å². The number of nitrogens with zero attached hydrogens (tertiary/aromatic N) is 1. The molecule has 2 aromatic rings. The van der Waals surface area contributed by atoms with E-state index in [0.717, 1.165) is 16.1 Å². The van der Waals surface area contributed by atoms with Gasteiger partial charge in [-0.05, 0) is 29.7 Å². The van der Waals surface area contributed by atoms with Crippen LogP contribution in [0.5, 0.6) is 5.75 Å². The molecule has 2 atom stereocenters. The summed E-state index contributed by atoms with van der Waals surface area (Å²) in [4.78, 5) is 12.6. The number of benzene rings is 2. The zero-order chi connectivity index (χ0) is 19.6. The predicted molar refractivity (Wildman–Crippen MR) is 106 cm³/mol. The second-order valence-corrected chi connectivity index (χ2v) is 8.91. The van der Waals surface area contributed by atoms with Crippen molar-refractivity contribution in [1.82, 2.24) is 5.32 Å². The maximum Gasteiger partial charge on any atom is 0.263 e. The van der Waals surface area contributed by atoms with Crippen LogP contribution in [0.25, 0.3) is 0 Å². The first-order valence-electron chi connectivity index (χ1n) is 8.52. The van der Waals surface area contributed by atoms with Crippen molar-refractivity contribution in [2.24, 2.45) is 0 Å². The maximum atomic E-state index is 12.6. The molecule has 1 aliphatic rings. The average molecular weight is 409 g/mol. The molecule has 0 fully saturated rings. The summed E-state index contributed by atoms with van der Waals surface area (Å²) in [5.74, 6) is 0.0789. The van der Waals surface area contributed by atoms with Crippen LogP contribution >= 0.6 is 11.6 Å². The minimum Gasteiger partial charge on any atom is -0.476 e. The summed E-state index contributed by atoms with van der Waals surface area (Å²) < 4.78 is 31.2. The number of anilines is 1. The van der Waals surface area contributed by atoms with Crippen molar-refractivity contribution in [3.05, 3.63) is 59.1 Å². The molecule has 0 unspecified atom stereocenters. The summed E-state index contributed by atoms with van der Waals surface area (Å²) in [6.07, 6.45) is 0.159. The zero-order valence-electron chi connectivity index (χ0n) is 15.1. The van der Waals surface area contributed by atoms with E-state index in [-0.39, 0.29) is 18.4 Å². The van der Waals surface area contributed by atoms with Crippen LogP contribution in [-0.2, 0) is 14.8 Å². The molecule has 3 rings (SSSR count). The normalized spacial score (nSPS) is 17.6. The van der Waals surface area contributed by atoms with Crippen molar-refractivity contribution in [3.8, 4) is 5.75 Å². The monoisotopic (exact) mass is 408 g/mol. The molecule has 144 valence electrons. The highest BCUT2D eigenvalue weighted by Gasteiger charge is 2.35. The highest BCUT2D eigenvalue weighted by atomic mass is 35.5. The van der Waals surface area contributed by atoms with Gasteiger partial charge in [0.1, 0.15) is 5.75 Å². The van der Waals surface area contributed by atoms with Gasteiger partial charge in [0.05, 0.1) is 18.5 Å². The van der Waals surface area contributed by atoms with E-state index in [1.807, 2.05) is 37.3 Å². The molecular formula is C19H21ClN2O4S. The summed E-state index contributed by atoms with van der Waals surface area (Å²) in [6, 6.07) is 14.5. The molecule has 1 N–H and O–H groups in total. The van der Waals surface area contributed by atoms with E-state index in [2.05, 4.69) is 5.32 Å². The van der Waals surface area contributed by atoms with Crippen molar-refractivity contribution in [1.29, 1.82) is 0 Å². The lowest BCUT2D eigenvalue weighted by Gasteiger charge is -2.34. The Hall–Kier alpha value is -2.25. The Morgan fingerprint density at radius 3 is 2.67 bits per heavy atom. The smallest absolute Gasteiger partial charge is 0.263 e. The maximum absolute atomic E-state index is 12.6. The van der Waals surface area contributed by atoms with Crippen LogP contribution in [0.1, 0.15) is 18.4 Å². The molecule has 0 bridgehead atoms. The lowest BCUT2D eigenvalue weighted by atomic mass is 10.0. The molecule has 0 saturated heterocycles. The summed E-state index contributed by atoms with van der Waals surface area (Å²) >= 11 is 5.98. The first kappa shape index (κ1) is 19.5. The number of carbonyl (C=O) groups excluding carboxylic acids is 1. The quantitative estimate of drug-likeness (QED) is 0.825. The molecule has 0 radical (unpaired) electrons. The molecular weight excluding hydrogens is 388 g/mol.